The molecule has 1 aromatic carbocycles. The Morgan fingerprint density at radius 1 is 1.30 bits per heavy atom. The average molecular weight is 276 g/mol. The summed E-state index contributed by atoms with van der Waals surface area (Å²) in [6.07, 6.45) is -0.689. The van der Waals surface area contributed by atoms with Crippen LogP contribution < -0.4 is 0 Å². The molecule has 6 nitrogen and oxygen atoms in total. The molecule has 20 heavy (non-hydrogen) atoms. The monoisotopic (exact) mass is 276 g/mol. The maximum Gasteiger partial charge on any atom is 0.410 e. The topological polar surface area (TPSA) is 70.1 Å². The van der Waals surface area contributed by atoms with Crippen molar-refractivity contribution in [3.8, 4) is 0 Å². The SMILES string of the molecule is O=C(O)N1CCN2C(=O)OCC2(Cc2ccccc2)C1. The summed E-state index contributed by atoms with van der Waals surface area (Å²) in [6.45, 7) is 1.26. The second kappa shape index (κ2) is 4.70. The van der Waals surface area contributed by atoms with E-state index >= 15 is 0 Å². The van der Waals surface area contributed by atoms with Crippen molar-refractivity contribution in [1.29, 1.82) is 0 Å². The van der Waals surface area contributed by atoms with E-state index in [0.717, 1.165) is 5.56 Å². The first kappa shape index (κ1) is 12.8. The fraction of sp³-hybridized carbons (Fsp3) is 0.429. The summed E-state index contributed by atoms with van der Waals surface area (Å²) in [6, 6.07) is 9.77. The molecule has 1 unspecified atom stereocenters. The third-order valence-corrected chi connectivity index (χ3v) is 3.98. The second-order valence-corrected chi connectivity index (χ2v) is 5.30. The van der Waals surface area contributed by atoms with E-state index in [4.69, 9.17) is 4.74 Å². The Labute approximate surface area is 116 Å². The van der Waals surface area contributed by atoms with Gasteiger partial charge in [-0.15, -0.1) is 0 Å². The summed E-state index contributed by atoms with van der Waals surface area (Å²) in [5, 5.41) is 9.19. The van der Waals surface area contributed by atoms with Crippen LogP contribution in [0.2, 0.25) is 0 Å². The molecule has 1 aromatic rings. The Bertz CT molecular complexity index is 533. The summed E-state index contributed by atoms with van der Waals surface area (Å²) in [7, 11) is 0. The van der Waals surface area contributed by atoms with Gasteiger partial charge in [-0.2, -0.15) is 0 Å². The Morgan fingerprint density at radius 2 is 2.05 bits per heavy atom. The smallest absolute Gasteiger partial charge is 0.410 e. The summed E-state index contributed by atoms with van der Waals surface area (Å²) >= 11 is 0. The molecule has 2 heterocycles. The lowest BCUT2D eigenvalue weighted by atomic mass is 9.88. The second-order valence-electron chi connectivity index (χ2n) is 5.30. The molecule has 1 atom stereocenters. The first-order chi connectivity index (χ1) is 9.61. The molecule has 0 radical (unpaired) electrons. The van der Waals surface area contributed by atoms with Gasteiger partial charge in [0.25, 0.3) is 0 Å². The zero-order chi connectivity index (χ0) is 14.2. The van der Waals surface area contributed by atoms with Gasteiger partial charge >= 0.3 is 12.2 Å². The van der Waals surface area contributed by atoms with Crippen LogP contribution in [0.3, 0.4) is 0 Å². The Balaban J connectivity index is 1.88. The highest BCUT2D eigenvalue weighted by molar-refractivity contribution is 5.73. The van der Waals surface area contributed by atoms with E-state index in [1.165, 1.54) is 4.90 Å². The van der Waals surface area contributed by atoms with Gasteiger partial charge in [-0.25, -0.2) is 9.59 Å². The molecule has 0 bridgehead atoms. The lowest BCUT2D eigenvalue weighted by Gasteiger charge is -2.43. The standard InChI is InChI=1S/C14H16N2O4/c17-12(18)15-6-7-16-13(19)20-10-14(16,9-15)8-11-4-2-1-3-5-11/h1-5H,6-10H2,(H,17,18). The molecule has 0 spiro atoms. The predicted molar refractivity (Wildman–Crippen MR) is 70.5 cm³/mol. The van der Waals surface area contributed by atoms with Crippen LogP contribution in [-0.2, 0) is 11.2 Å². The number of benzene rings is 1. The van der Waals surface area contributed by atoms with E-state index in [9.17, 15) is 14.7 Å². The van der Waals surface area contributed by atoms with E-state index in [0.29, 0.717) is 26.1 Å². The number of ether oxygens (including phenoxy) is 1. The van der Waals surface area contributed by atoms with Crippen LogP contribution in [0.1, 0.15) is 5.56 Å². The minimum absolute atomic E-state index is 0.241. The van der Waals surface area contributed by atoms with Gasteiger partial charge in [-0.1, -0.05) is 30.3 Å². The molecular weight excluding hydrogens is 260 g/mol. The average Bonchev–Trinajstić information content (AvgIpc) is 2.76. The van der Waals surface area contributed by atoms with Crippen LogP contribution in [-0.4, -0.2) is 58.9 Å². The predicted octanol–water partition coefficient (Wildman–Crippen LogP) is 1.41. The van der Waals surface area contributed by atoms with Crippen molar-refractivity contribution >= 4 is 12.2 Å². The van der Waals surface area contributed by atoms with Crippen molar-refractivity contribution in [2.75, 3.05) is 26.2 Å². The largest absolute Gasteiger partial charge is 0.465 e. The lowest BCUT2D eigenvalue weighted by Crippen LogP contribution is -2.63. The number of cyclic esters (lactones) is 1. The summed E-state index contributed by atoms with van der Waals surface area (Å²) in [4.78, 5) is 26.1. The van der Waals surface area contributed by atoms with Gasteiger partial charge < -0.3 is 14.7 Å². The zero-order valence-corrected chi connectivity index (χ0v) is 11.0. The third kappa shape index (κ3) is 2.07. The van der Waals surface area contributed by atoms with E-state index in [1.807, 2.05) is 30.3 Å². The van der Waals surface area contributed by atoms with Gasteiger partial charge in [0.1, 0.15) is 12.1 Å². The number of piperazine rings is 1. The molecule has 1 N–H and O–H groups in total. The van der Waals surface area contributed by atoms with E-state index in [2.05, 4.69) is 0 Å². The Hall–Kier alpha value is -2.24. The van der Waals surface area contributed by atoms with Crippen LogP contribution in [0.15, 0.2) is 30.3 Å². The van der Waals surface area contributed by atoms with Crippen LogP contribution in [0.25, 0.3) is 0 Å². The molecule has 0 aliphatic carbocycles. The molecule has 3 rings (SSSR count). The van der Waals surface area contributed by atoms with Gasteiger partial charge in [-0.3, -0.25) is 4.90 Å². The fourth-order valence-electron chi connectivity index (χ4n) is 3.00. The number of nitrogens with zero attached hydrogens (tertiary/aromatic N) is 2. The molecule has 2 fully saturated rings. The van der Waals surface area contributed by atoms with E-state index in [-0.39, 0.29) is 12.7 Å². The van der Waals surface area contributed by atoms with Crippen LogP contribution >= 0.6 is 0 Å². The highest BCUT2D eigenvalue weighted by Crippen LogP contribution is 2.32. The number of carbonyl (C=O) groups excluding carboxylic acids is 1. The minimum atomic E-state index is -0.948. The Morgan fingerprint density at radius 3 is 2.75 bits per heavy atom. The summed E-state index contributed by atoms with van der Waals surface area (Å²) in [5.74, 6) is 0. The van der Waals surface area contributed by atoms with Gasteiger partial charge in [0.05, 0.1) is 6.54 Å². The van der Waals surface area contributed by atoms with Crippen molar-refractivity contribution in [1.82, 2.24) is 9.80 Å². The first-order valence-corrected chi connectivity index (χ1v) is 6.57. The molecule has 106 valence electrons. The van der Waals surface area contributed by atoms with Gasteiger partial charge in [0.2, 0.25) is 0 Å². The fourth-order valence-corrected chi connectivity index (χ4v) is 3.00. The zero-order valence-electron chi connectivity index (χ0n) is 11.0. The highest BCUT2D eigenvalue weighted by atomic mass is 16.6. The molecule has 2 aliphatic rings. The van der Waals surface area contributed by atoms with Crippen LogP contribution in [0, 0.1) is 0 Å². The number of fused-ring (bicyclic) bond motifs is 1. The van der Waals surface area contributed by atoms with Gasteiger partial charge in [0, 0.05) is 19.5 Å². The van der Waals surface area contributed by atoms with E-state index < -0.39 is 11.6 Å². The number of rotatable bonds is 2. The third-order valence-electron chi connectivity index (χ3n) is 3.98. The number of hydrogen-bond donors (Lipinski definition) is 1. The number of hydrogen-bond acceptors (Lipinski definition) is 3. The highest BCUT2D eigenvalue weighted by Gasteiger charge is 2.51. The molecule has 6 heteroatoms. The lowest BCUT2D eigenvalue weighted by molar-refractivity contribution is 0.0507. The maximum absolute atomic E-state index is 11.8. The number of carbonyl (C=O) groups is 2. The van der Waals surface area contributed by atoms with E-state index in [1.54, 1.807) is 4.90 Å². The summed E-state index contributed by atoms with van der Waals surface area (Å²) in [5.41, 5.74) is 0.498. The van der Waals surface area contributed by atoms with Gasteiger partial charge in [0.15, 0.2) is 0 Å². The number of carboxylic acid groups (broad SMARTS) is 1. The number of amides is 2. The quantitative estimate of drug-likeness (QED) is 0.886. The summed E-state index contributed by atoms with van der Waals surface area (Å²) < 4.78 is 5.17. The van der Waals surface area contributed by atoms with Crippen molar-refractivity contribution in [2.45, 2.75) is 12.0 Å². The van der Waals surface area contributed by atoms with Crippen molar-refractivity contribution in [2.24, 2.45) is 0 Å². The van der Waals surface area contributed by atoms with Crippen molar-refractivity contribution < 1.29 is 19.4 Å². The normalized spacial score (nSPS) is 25.3. The molecule has 0 aromatic heterocycles. The van der Waals surface area contributed by atoms with Crippen LogP contribution in [0.4, 0.5) is 9.59 Å². The minimum Gasteiger partial charge on any atom is -0.465 e. The molecular formula is C14H16N2O4. The maximum atomic E-state index is 11.8. The van der Waals surface area contributed by atoms with Gasteiger partial charge in [-0.05, 0) is 5.56 Å². The molecule has 0 saturated carbocycles. The van der Waals surface area contributed by atoms with Crippen molar-refractivity contribution in [3.05, 3.63) is 35.9 Å². The van der Waals surface area contributed by atoms with Crippen LogP contribution in [0.5, 0.6) is 0 Å². The molecule has 2 aliphatic heterocycles. The Kier molecular flexibility index (Phi) is 3.00. The first-order valence-electron chi connectivity index (χ1n) is 6.57. The van der Waals surface area contributed by atoms with Crippen molar-refractivity contribution in [3.63, 3.8) is 0 Å². The molecule has 2 saturated heterocycles. The molecule has 2 amide bonds.